The fourth-order valence-electron chi connectivity index (χ4n) is 1.92. The van der Waals surface area contributed by atoms with E-state index in [9.17, 15) is 0 Å². The molecule has 0 saturated carbocycles. The summed E-state index contributed by atoms with van der Waals surface area (Å²) in [5.74, 6) is 0. The molecule has 0 spiro atoms. The number of nitrogen functional groups attached to an aromatic ring is 1. The first-order valence-electron chi connectivity index (χ1n) is 5.76. The van der Waals surface area contributed by atoms with E-state index in [0.29, 0.717) is 17.7 Å². The lowest BCUT2D eigenvalue weighted by atomic mass is 10.1. The van der Waals surface area contributed by atoms with Crippen molar-refractivity contribution >= 4 is 16.5 Å². The number of aromatic nitrogens is 1. The van der Waals surface area contributed by atoms with Crippen LogP contribution in [0.3, 0.4) is 0 Å². The number of hydrogen-bond donors (Lipinski definition) is 2. The maximum absolute atomic E-state index is 9.08. The highest BCUT2D eigenvalue weighted by Crippen LogP contribution is 2.19. The lowest BCUT2D eigenvalue weighted by Gasteiger charge is -2.29. The molecule has 0 saturated heterocycles. The van der Waals surface area contributed by atoms with Crippen LogP contribution < -0.4 is 5.73 Å². The number of anilines is 1. The maximum atomic E-state index is 9.08. The summed E-state index contributed by atoms with van der Waals surface area (Å²) in [6.07, 6.45) is 4.03. The van der Waals surface area contributed by atoms with Crippen LogP contribution in [0.25, 0.3) is 0 Å². The fraction of sp³-hybridized carbons (Fsp3) is 0.727. The molecule has 0 radical (unpaired) electrons. The van der Waals surface area contributed by atoms with E-state index < -0.39 is 0 Å². The van der Waals surface area contributed by atoms with E-state index in [1.807, 2.05) is 6.20 Å². The van der Waals surface area contributed by atoms with Crippen molar-refractivity contribution in [3.05, 3.63) is 11.1 Å². The Balaban J connectivity index is 2.63. The van der Waals surface area contributed by atoms with Gasteiger partial charge in [0.25, 0.3) is 0 Å². The topological polar surface area (TPSA) is 62.4 Å². The molecule has 0 aromatic carbocycles. The van der Waals surface area contributed by atoms with Crippen molar-refractivity contribution in [2.75, 3.05) is 18.9 Å². The van der Waals surface area contributed by atoms with Gasteiger partial charge >= 0.3 is 0 Å². The third-order valence-electron chi connectivity index (χ3n) is 2.78. The molecule has 1 aromatic rings. The van der Waals surface area contributed by atoms with Crippen molar-refractivity contribution in [3.8, 4) is 0 Å². The minimum Gasteiger partial charge on any atom is -0.395 e. The van der Waals surface area contributed by atoms with Gasteiger partial charge in [0.1, 0.15) is 0 Å². The summed E-state index contributed by atoms with van der Waals surface area (Å²) < 4.78 is 0. The number of rotatable bonds is 7. The molecule has 3 N–H and O–H groups in total. The molecule has 0 unspecified atom stereocenters. The van der Waals surface area contributed by atoms with Crippen molar-refractivity contribution in [2.45, 2.75) is 39.3 Å². The smallest absolute Gasteiger partial charge is 0.180 e. The van der Waals surface area contributed by atoms with Crippen molar-refractivity contribution in [1.82, 2.24) is 9.88 Å². The van der Waals surface area contributed by atoms with E-state index in [0.717, 1.165) is 24.3 Å². The molecule has 0 aliphatic heterocycles. The van der Waals surface area contributed by atoms with Gasteiger partial charge in [0.05, 0.1) is 6.61 Å². The van der Waals surface area contributed by atoms with Crippen molar-refractivity contribution in [1.29, 1.82) is 0 Å². The molecule has 0 atom stereocenters. The van der Waals surface area contributed by atoms with Crippen LogP contribution in [0, 0.1) is 0 Å². The molecule has 0 fully saturated rings. The largest absolute Gasteiger partial charge is 0.395 e. The molecule has 0 aliphatic rings. The molecule has 1 heterocycles. The van der Waals surface area contributed by atoms with Gasteiger partial charge in [-0.25, -0.2) is 4.98 Å². The molecule has 16 heavy (non-hydrogen) atoms. The number of aliphatic hydroxyl groups excluding tert-OH is 1. The Labute approximate surface area is 101 Å². The molecular formula is C11H21N3OS. The predicted molar refractivity (Wildman–Crippen MR) is 68.4 cm³/mol. The monoisotopic (exact) mass is 243 g/mol. The van der Waals surface area contributed by atoms with E-state index >= 15 is 0 Å². The summed E-state index contributed by atoms with van der Waals surface area (Å²) in [4.78, 5) is 7.51. The van der Waals surface area contributed by atoms with Gasteiger partial charge in [-0.2, -0.15) is 0 Å². The molecule has 0 bridgehead atoms. The second kappa shape index (κ2) is 6.83. The minimum atomic E-state index is 0.199. The molecule has 1 rings (SSSR count). The SMILES string of the molecule is CCC(CC)N(CCO)Cc1cnc(N)s1. The zero-order valence-electron chi connectivity index (χ0n) is 10.0. The summed E-state index contributed by atoms with van der Waals surface area (Å²) in [5.41, 5.74) is 5.61. The van der Waals surface area contributed by atoms with Crippen LogP contribution in [-0.4, -0.2) is 34.2 Å². The summed E-state index contributed by atoms with van der Waals surface area (Å²) in [7, 11) is 0. The van der Waals surface area contributed by atoms with Crippen LogP contribution in [0.5, 0.6) is 0 Å². The highest BCUT2D eigenvalue weighted by molar-refractivity contribution is 7.15. The Morgan fingerprint density at radius 2 is 2.19 bits per heavy atom. The zero-order chi connectivity index (χ0) is 12.0. The second-order valence-corrected chi connectivity index (χ2v) is 4.98. The number of aliphatic hydroxyl groups is 1. The summed E-state index contributed by atoms with van der Waals surface area (Å²) in [5, 5.41) is 9.70. The van der Waals surface area contributed by atoms with Gasteiger partial charge in [-0.3, -0.25) is 4.90 Å². The van der Waals surface area contributed by atoms with Crippen LogP contribution >= 0.6 is 11.3 Å². The van der Waals surface area contributed by atoms with Gasteiger partial charge in [0.2, 0.25) is 0 Å². The van der Waals surface area contributed by atoms with Crippen molar-refractivity contribution in [3.63, 3.8) is 0 Å². The molecular weight excluding hydrogens is 222 g/mol. The molecule has 1 aromatic heterocycles. The number of hydrogen-bond acceptors (Lipinski definition) is 5. The van der Waals surface area contributed by atoms with Crippen LogP contribution in [0.15, 0.2) is 6.20 Å². The lowest BCUT2D eigenvalue weighted by molar-refractivity contribution is 0.137. The Bertz CT molecular complexity index is 299. The Hall–Kier alpha value is -0.650. The second-order valence-electron chi connectivity index (χ2n) is 3.83. The molecule has 4 nitrogen and oxygen atoms in total. The first-order valence-corrected chi connectivity index (χ1v) is 6.58. The van der Waals surface area contributed by atoms with Crippen LogP contribution in [0.2, 0.25) is 0 Å². The Kier molecular flexibility index (Phi) is 5.73. The average Bonchev–Trinajstić information content (AvgIpc) is 2.66. The molecule has 0 amide bonds. The van der Waals surface area contributed by atoms with Gasteiger partial charge in [0, 0.05) is 30.2 Å². The maximum Gasteiger partial charge on any atom is 0.180 e. The van der Waals surface area contributed by atoms with E-state index in [1.54, 1.807) is 0 Å². The third kappa shape index (κ3) is 3.73. The van der Waals surface area contributed by atoms with E-state index in [4.69, 9.17) is 10.8 Å². The first kappa shape index (κ1) is 13.4. The zero-order valence-corrected chi connectivity index (χ0v) is 10.8. The third-order valence-corrected chi connectivity index (χ3v) is 3.59. The highest BCUT2D eigenvalue weighted by atomic mass is 32.1. The summed E-state index contributed by atoms with van der Waals surface area (Å²) >= 11 is 1.52. The van der Waals surface area contributed by atoms with Crippen LogP contribution in [-0.2, 0) is 6.54 Å². The van der Waals surface area contributed by atoms with Gasteiger partial charge in [0.15, 0.2) is 5.13 Å². The molecule has 5 heteroatoms. The van der Waals surface area contributed by atoms with Gasteiger partial charge in [-0.05, 0) is 12.8 Å². The van der Waals surface area contributed by atoms with Gasteiger partial charge in [-0.1, -0.05) is 13.8 Å². The van der Waals surface area contributed by atoms with E-state index in [2.05, 4.69) is 23.7 Å². The van der Waals surface area contributed by atoms with Gasteiger partial charge < -0.3 is 10.8 Å². The average molecular weight is 243 g/mol. The van der Waals surface area contributed by atoms with Gasteiger partial charge in [-0.15, -0.1) is 11.3 Å². The molecule has 0 aliphatic carbocycles. The number of nitrogens with zero attached hydrogens (tertiary/aromatic N) is 2. The normalized spacial score (nSPS) is 11.6. The van der Waals surface area contributed by atoms with Crippen molar-refractivity contribution in [2.24, 2.45) is 0 Å². The Morgan fingerprint density at radius 3 is 2.62 bits per heavy atom. The number of nitrogens with two attached hydrogens (primary N) is 1. The first-order chi connectivity index (χ1) is 7.71. The van der Waals surface area contributed by atoms with Crippen molar-refractivity contribution < 1.29 is 5.11 Å². The minimum absolute atomic E-state index is 0.199. The summed E-state index contributed by atoms with van der Waals surface area (Å²) in [6.45, 7) is 6.11. The van der Waals surface area contributed by atoms with E-state index in [1.165, 1.54) is 11.3 Å². The molecule has 92 valence electrons. The quantitative estimate of drug-likeness (QED) is 0.765. The number of thiazole rings is 1. The fourth-order valence-corrected chi connectivity index (χ4v) is 2.63. The lowest BCUT2D eigenvalue weighted by Crippen LogP contribution is -2.35. The standard InChI is InChI=1S/C11H21N3OS/c1-3-9(4-2)14(5-6-15)8-10-7-13-11(12)16-10/h7,9,15H,3-6,8H2,1-2H3,(H2,12,13). The Morgan fingerprint density at radius 1 is 1.50 bits per heavy atom. The van der Waals surface area contributed by atoms with Crippen LogP contribution in [0.1, 0.15) is 31.6 Å². The van der Waals surface area contributed by atoms with E-state index in [-0.39, 0.29) is 6.61 Å². The summed E-state index contributed by atoms with van der Waals surface area (Å²) in [6, 6.07) is 0.524. The highest BCUT2D eigenvalue weighted by Gasteiger charge is 2.15. The predicted octanol–water partition coefficient (Wildman–Crippen LogP) is 1.71. The van der Waals surface area contributed by atoms with Crippen LogP contribution in [0.4, 0.5) is 5.13 Å².